The Morgan fingerprint density at radius 3 is 2.40 bits per heavy atom. The Balaban J connectivity index is 2.61. The highest BCUT2D eigenvalue weighted by Crippen LogP contribution is 2.24. The van der Waals surface area contributed by atoms with Crippen LogP contribution in [0.15, 0.2) is 0 Å². The summed E-state index contributed by atoms with van der Waals surface area (Å²) in [5.74, 6) is 2.45. The number of methoxy groups -OCH3 is 1. The van der Waals surface area contributed by atoms with Crippen LogP contribution < -0.4 is 10.1 Å². The number of anilines is 1. The highest BCUT2D eigenvalue weighted by molar-refractivity contribution is 5.48. The second kappa shape index (κ2) is 8.71. The lowest BCUT2D eigenvalue weighted by Gasteiger charge is -2.14. The van der Waals surface area contributed by atoms with E-state index in [1.807, 2.05) is 14.0 Å². The molecule has 1 heterocycles. The minimum atomic E-state index is 0.253. The molecule has 0 aliphatic carbocycles. The number of hydrogen-bond acceptors (Lipinski definition) is 6. The number of ether oxygens (including phenoxy) is 3. The van der Waals surface area contributed by atoms with E-state index in [0.717, 1.165) is 17.2 Å². The summed E-state index contributed by atoms with van der Waals surface area (Å²) < 4.78 is 16.0. The molecule has 0 aliphatic heterocycles. The Labute approximate surface area is 120 Å². The van der Waals surface area contributed by atoms with Gasteiger partial charge >= 0.3 is 0 Å². The van der Waals surface area contributed by atoms with Crippen molar-refractivity contribution in [2.75, 3.05) is 45.9 Å². The molecule has 1 aromatic heterocycles. The molecule has 114 valence electrons. The third-order valence-electron chi connectivity index (χ3n) is 2.77. The molecule has 0 bridgehead atoms. The van der Waals surface area contributed by atoms with E-state index in [2.05, 4.69) is 29.1 Å². The molecule has 0 radical (unpaired) electrons. The van der Waals surface area contributed by atoms with Crippen molar-refractivity contribution < 1.29 is 14.2 Å². The van der Waals surface area contributed by atoms with E-state index in [9.17, 15) is 0 Å². The molecular formula is C14H25N3O3. The molecule has 0 saturated heterocycles. The van der Waals surface area contributed by atoms with E-state index in [1.54, 1.807) is 7.11 Å². The van der Waals surface area contributed by atoms with Crippen LogP contribution in [0.1, 0.15) is 31.2 Å². The second-order valence-electron chi connectivity index (χ2n) is 4.72. The van der Waals surface area contributed by atoms with Crippen LogP contribution in [0.2, 0.25) is 0 Å². The van der Waals surface area contributed by atoms with Crippen molar-refractivity contribution in [2.24, 2.45) is 0 Å². The fourth-order valence-corrected chi connectivity index (χ4v) is 1.60. The van der Waals surface area contributed by atoms with Crippen molar-refractivity contribution in [3.8, 4) is 5.88 Å². The monoisotopic (exact) mass is 283 g/mol. The summed E-state index contributed by atoms with van der Waals surface area (Å²) in [6, 6.07) is 0. The van der Waals surface area contributed by atoms with E-state index in [-0.39, 0.29) is 5.92 Å². The van der Waals surface area contributed by atoms with Gasteiger partial charge in [-0.1, -0.05) is 13.8 Å². The van der Waals surface area contributed by atoms with Gasteiger partial charge in [-0.15, -0.1) is 0 Å². The SMILES string of the molecule is CNc1nc(C(C)C)nc(OCCOCCOC)c1C. The molecule has 1 aromatic rings. The van der Waals surface area contributed by atoms with Gasteiger partial charge in [-0.25, -0.2) is 4.98 Å². The summed E-state index contributed by atoms with van der Waals surface area (Å²) in [5.41, 5.74) is 0.911. The minimum absolute atomic E-state index is 0.253. The first-order valence-electron chi connectivity index (χ1n) is 6.85. The summed E-state index contributed by atoms with van der Waals surface area (Å²) in [4.78, 5) is 8.93. The van der Waals surface area contributed by atoms with Crippen LogP contribution in [0.5, 0.6) is 5.88 Å². The van der Waals surface area contributed by atoms with Crippen molar-refractivity contribution >= 4 is 5.82 Å². The smallest absolute Gasteiger partial charge is 0.221 e. The van der Waals surface area contributed by atoms with E-state index < -0.39 is 0 Å². The number of aromatic nitrogens is 2. The van der Waals surface area contributed by atoms with E-state index >= 15 is 0 Å². The molecule has 0 spiro atoms. The second-order valence-corrected chi connectivity index (χ2v) is 4.72. The number of nitrogens with one attached hydrogen (secondary N) is 1. The van der Waals surface area contributed by atoms with Gasteiger partial charge in [0.05, 0.1) is 25.4 Å². The van der Waals surface area contributed by atoms with Gasteiger partial charge in [0.15, 0.2) is 0 Å². The van der Waals surface area contributed by atoms with Gasteiger partial charge in [0, 0.05) is 20.1 Å². The maximum absolute atomic E-state index is 5.69. The Hall–Kier alpha value is -1.40. The zero-order valence-electron chi connectivity index (χ0n) is 13.0. The molecule has 0 fully saturated rings. The van der Waals surface area contributed by atoms with Crippen LogP contribution in [-0.2, 0) is 9.47 Å². The Morgan fingerprint density at radius 2 is 1.80 bits per heavy atom. The molecule has 20 heavy (non-hydrogen) atoms. The third-order valence-corrected chi connectivity index (χ3v) is 2.77. The molecule has 0 unspecified atom stereocenters. The van der Waals surface area contributed by atoms with Crippen molar-refractivity contribution in [2.45, 2.75) is 26.7 Å². The average molecular weight is 283 g/mol. The maximum Gasteiger partial charge on any atom is 0.221 e. The van der Waals surface area contributed by atoms with Crippen molar-refractivity contribution in [3.05, 3.63) is 11.4 Å². The first-order chi connectivity index (χ1) is 9.60. The van der Waals surface area contributed by atoms with Gasteiger partial charge < -0.3 is 19.5 Å². The summed E-state index contributed by atoms with van der Waals surface area (Å²) in [7, 11) is 3.49. The zero-order chi connectivity index (χ0) is 15.0. The number of nitrogens with zero attached hydrogens (tertiary/aromatic N) is 2. The Kier molecular flexibility index (Phi) is 7.25. The Morgan fingerprint density at radius 1 is 1.10 bits per heavy atom. The van der Waals surface area contributed by atoms with E-state index in [1.165, 1.54) is 0 Å². The number of hydrogen-bond donors (Lipinski definition) is 1. The molecule has 6 nitrogen and oxygen atoms in total. The van der Waals surface area contributed by atoms with Crippen LogP contribution in [0.25, 0.3) is 0 Å². The highest BCUT2D eigenvalue weighted by atomic mass is 16.5. The summed E-state index contributed by atoms with van der Waals surface area (Å²) >= 11 is 0. The molecule has 1 rings (SSSR count). The van der Waals surface area contributed by atoms with Crippen LogP contribution in [0, 0.1) is 6.92 Å². The molecule has 0 atom stereocenters. The molecular weight excluding hydrogens is 258 g/mol. The molecule has 0 aromatic carbocycles. The van der Waals surface area contributed by atoms with Crippen LogP contribution >= 0.6 is 0 Å². The normalized spacial score (nSPS) is 10.9. The standard InChI is InChI=1S/C14H25N3O3/c1-10(2)12-16-13(15-4)11(3)14(17-12)20-9-8-19-7-6-18-5/h10H,6-9H2,1-5H3,(H,15,16,17). The fourth-order valence-electron chi connectivity index (χ4n) is 1.60. The van der Waals surface area contributed by atoms with Gasteiger partial charge in [-0.3, -0.25) is 0 Å². The summed E-state index contributed by atoms with van der Waals surface area (Å²) in [6.07, 6.45) is 0. The van der Waals surface area contributed by atoms with Gasteiger partial charge in [0.1, 0.15) is 18.2 Å². The van der Waals surface area contributed by atoms with Gasteiger partial charge in [-0.05, 0) is 6.92 Å². The largest absolute Gasteiger partial charge is 0.475 e. The molecule has 1 N–H and O–H groups in total. The molecule has 0 saturated carbocycles. The Bertz CT molecular complexity index is 411. The predicted molar refractivity (Wildman–Crippen MR) is 78.6 cm³/mol. The van der Waals surface area contributed by atoms with Crippen LogP contribution in [0.3, 0.4) is 0 Å². The highest BCUT2D eigenvalue weighted by Gasteiger charge is 2.13. The lowest BCUT2D eigenvalue weighted by atomic mass is 10.2. The quantitative estimate of drug-likeness (QED) is 0.699. The van der Waals surface area contributed by atoms with E-state index in [0.29, 0.717) is 32.3 Å². The summed E-state index contributed by atoms with van der Waals surface area (Å²) in [5, 5.41) is 3.07. The predicted octanol–water partition coefficient (Wildman–Crippen LogP) is 1.99. The zero-order valence-corrected chi connectivity index (χ0v) is 13.0. The fraction of sp³-hybridized carbons (Fsp3) is 0.714. The van der Waals surface area contributed by atoms with Crippen LogP contribution in [0.4, 0.5) is 5.82 Å². The lowest BCUT2D eigenvalue weighted by Crippen LogP contribution is -2.13. The molecule has 0 amide bonds. The van der Waals surface area contributed by atoms with Crippen LogP contribution in [-0.4, -0.2) is 50.6 Å². The summed E-state index contributed by atoms with van der Waals surface area (Å²) in [6.45, 7) is 8.19. The first-order valence-corrected chi connectivity index (χ1v) is 6.85. The first kappa shape index (κ1) is 16.7. The van der Waals surface area contributed by atoms with Crippen molar-refractivity contribution in [1.29, 1.82) is 0 Å². The molecule has 0 aliphatic rings. The van der Waals surface area contributed by atoms with Gasteiger partial charge in [-0.2, -0.15) is 4.98 Å². The number of rotatable bonds is 9. The maximum atomic E-state index is 5.69. The van der Waals surface area contributed by atoms with Gasteiger partial charge in [0.25, 0.3) is 0 Å². The molecule has 6 heteroatoms. The van der Waals surface area contributed by atoms with Crippen molar-refractivity contribution in [3.63, 3.8) is 0 Å². The van der Waals surface area contributed by atoms with Crippen molar-refractivity contribution in [1.82, 2.24) is 9.97 Å². The lowest BCUT2D eigenvalue weighted by molar-refractivity contribution is 0.0535. The topological polar surface area (TPSA) is 65.5 Å². The minimum Gasteiger partial charge on any atom is -0.475 e. The van der Waals surface area contributed by atoms with Gasteiger partial charge in [0.2, 0.25) is 5.88 Å². The average Bonchev–Trinajstić information content (AvgIpc) is 2.44. The third kappa shape index (κ3) is 4.94. The van der Waals surface area contributed by atoms with E-state index in [4.69, 9.17) is 14.2 Å².